The summed E-state index contributed by atoms with van der Waals surface area (Å²) in [6, 6.07) is 2.27. The molecule has 0 radical (unpaired) electrons. The smallest absolute Gasteiger partial charge is 0.0410 e. The number of fused-ring (bicyclic) bond motifs is 1. The van der Waals surface area contributed by atoms with E-state index in [1.807, 2.05) is 0 Å². The second-order valence-corrected chi connectivity index (χ2v) is 5.33. The van der Waals surface area contributed by atoms with Gasteiger partial charge in [-0.1, -0.05) is 13.8 Å². The second-order valence-electron chi connectivity index (χ2n) is 5.33. The van der Waals surface area contributed by atoms with Crippen LogP contribution in [0, 0.1) is 19.3 Å². The van der Waals surface area contributed by atoms with Gasteiger partial charge in [0.2, 0.25) is 0 Å². The van der Waals surface area contributed by atoms with Gasteiger partial charge in [-0.2, -0.15) is 0 Å². The molecule has 0 unspecified atom stereocenters. The largest absolute Gasteiger partial charge is 0.258 e. The Hall–Kier alpha value is -0.850. The van der Waals surface area contributed by atoms with Crippen LogP contribution >= 0.6 is 0 Å². The predicted octanol–water partition coefficient (Wildman–Crippen LogP) is 3.21. The molecule has 1 heteroatoms. The molecule has 1 aliphatic carbocycles. The summed E-state index contributed by atoms with van der Waals surface area (Å²) >= 11 is 0. The van der Waals surface area contributed by atoms with E-state index in [4.69, 9.17) is 0 Å². The zero-order chi connectivity index (χ0) is 10.3. The van der Waals surface area contributed by atoms with Crippen LogP contribution < -0.4 is 0 Å². The quantitative estimate of drug-likeness (QED) is 0.610. The summed E-state index contributed by atoms with van der Waals surface area (Å²) in [5.74, 6) is 0. The Morgan fingerprint density at radius 1 is 1.29 bits per heavy atom. The van der Waals surface area contributed by atoms with E-state index in [-0.39, 0.29) is 0 Å². The Bertz CT molecular complexity index is 364. The van der Waals surface area contributed by atoms with E-state index < -0.39 is 0 Å². The zero-order valence-corrected chi connectivity index (χ0v) is 9.65. The van der Waals surface area contributed by atoms with E-state index in [1.54, 1.807) is 0 Å². The van der Waals surface area contributed by atoms with Gasteiger partial charge in [-0.05, 0) is 55.7 Å². The van der Waals surface area contributed by atoms with Crippen LogP contribution in [0.5, 0.6) is 0 Å². The number of aryl methyl sites for hydroxylation is 2. The van der Waals surface area contributed by atoms with Gasteiger partial charge in [0, 0.05) is 11.4 Å². The van der Waals surface area contributed by atoms with Gasteiger partial charge in [0.25, 0.3) is 0 Å². The van der Waals surface area contributed by atoms with Crippen LogP contribution in [-0.2, 0) is 12.8 Å². The highest BCUT2D eigenvalue weighted by molar-refractivity contribution is 5.35. The van der Waals surface area contributed by atoms with E-state index in [2.05, 4.69) is 38.7 Å². The van der Waals surface area contributed by atoms with Gasteiger partial charge in [0.15, 0.2) is 0 Å². The van der Waals surface area contributed by atoms with E-state index in [0.717, 1.165) is 0 Å². The maximum Gasteiger partial charge on any atom is 0.0410 e. The number of hydrogen-bond acceptors (Lipinski definition) is 1. The third-order valence-corrected chi connectivity index (χ3v) is 3.27. The van der Waals surface area contributed by atoms with Gasteiger partial charge in [0.05, 0.1) is 0 Å². The summed E-state index contributed by atoms with van der Waals surface area (Å²) in [4.78, 5) is 4.53. The molecule has 1 aromatic rings. The van der Waals surface area contributed by atoms with Crippen molar-refractivity contribution >= 4 is 0 Å². The SMILES string of the molecule is Cc1cc2c(c(C)n1)CCC(C)(C)C2. The number of aromatic nitrogens is 1. The first-order valence-electron chi connectivity index (χ1n) is 5.44. The Morgan fingerprint density at radius 2 is 2.00 bits per heavy atom. The maximum atomic E-state index is 4.53. The summed E-state index contributed by atoms with van der Waals surface area (Å²) in [6.45, 7) is 8.96. The Morgan fingerprint density at radius 3 is 2.71 bits per heavy atom. The van der Waals surface area contributed by atoms with Crippen molar-refractivity contribution < 1.29 is 0 Å². The van der Waals surface area contributed by atoms with E-state index >= 15 is 0 Å². The molecule has 0 saturated heterocycles. The van der Waals surface area contributed by atoms with Crippen LogP contribution in [0.1, 0.15) is 42.8 Å². The molecule has 0 aromatic carbocycles. The molecule has 14 heavy (non-hydrogen) atoms. The van der Waals surface area contributed by atoms with Crippen LogP contribution in [0.4, 0.5) is 0 Å². The Balaban J connectivity index is 2.47. The van der Waals surface area contributed by atoms with Crippen molar-refractivity contribution in [1.29, 1.82) is 0 Å². The first-order valence-corrected chi connectivity index (χ1v) is 5.44. The maximum absolute atomic E-state index is 4.53. The summed E-state index contributed by atoms with van der Waals surface area (Å²) in [6.07, 6.45) is 3.72. The molecule has 0 N–H and O–H groups in total. The Labute approximate surface area is 86.6 Å². The standard InChI is InChI=1S/C13H19N/c1-9-7-11-8-13(3,4)6-5-12(11)10(2)14-9/h7H,5-6,8H2,1-4H3. The first kappa shape index (κ1) is 9.70. The van der Waals surface area contributed by atoms with Gasteiger partial charge in [0.1, 0.15) is 0 Å². The van der Waals surface area contributed by atoms with Crippen molar-refractivity contribution in [3.8, 4) is 0 Å². The molecular weight excluding hydrogens is 170 g/mol. The number of nitrogens with zero attached hydrogens (tertiary/aromatic N) is 1. The lowest BCUT2D eigenvalue weighted by Crippen LogP contribution is -2.23. The lowest BCUT2D eigenvalue weighted by Gasteiger charge is -2.32. The first-order chi connectivity index (χ1) is 6.48. The van der Waals surface area contributed by atoms with Gasteiger partial charge >= 0.3 is 0 Å². The molecule has 1 aromatic heterocycles. The van der Waals surface area contributed by atoms with Gasteiger partial charge < -0.3 is 0 Å². The number of rotatable bonds is 0. The third kappa shape index (κ3) is 1.68. The lowest BCUT2D eigenvalue weighted by molar-refractivity contribution is 0.314. The number of hydrogen-bond donors (Lipinski definition) is 0. The fourth-order valence-electron chi connectivity index (χ4n) is 2.50. The molecule has 0 atom stereocenters. The van der Waals surface area contributed by atoms with Crippen LogP contribution in [-0.4, -0.2) is 4.98 Å². The second kappa shape index (κ2) is 3.08. The van der Waals surface area contributed by atoms with E-state index in [1.165, 1.54) is 41.8 Å². The Kier molecular flexibility index (Phi) is 2.13. The molecule has 0 amide bonds. The predicted molar refractivity (Wildman–Crippen MR) is 59.5 cm³/mol. The summed E-state index contributed by atoms with van der Waals surface area (Å²) in [5, 5.41) is 0. The highest BCUT2D eigenvalue weighted by Gasteiger charge is 2.26. The van der Waals surface area contributed by atoms with E-state index in [9.17, 15) is 0 Å². The third-order valence-electron chi connectivity index (χ3n) is 3.27. The molecule has 0 aliphatic heterocycles. The molecule has 0 fully saturated rings. The van der Waals surface area contributed by atoms with Crippen LogP contribution in [0.25, 0.3) is 0 Å². The van der Waals surface area contributed by atoms with Gasteiger partial charge in [-0.25, -0.2) is 0 Å². The molecular formula is C13H19N. The highest BCUT2D eigenvalue weighted by atomic mass is 14.7. The molecule has 76 valence electrons. The van der Waals surface area contributed by atoms with Crippen molar-refractivity contribution in [2.45, 2.75) is 47.0 Å². The number of pyridine rings is 1. The summed E-state index contributed by atoms with van der Waals surface area (Å²) < 4.78 is 0. The molecule has 0 spiro atoms. The van der Waals surface area contributed by atoms with Gasteiger partial charge in [-0.15, -0.1) is 0 Å². The fourth-order valence-corrected chi connectivity index (χ4v) is 2.50. The minimum atomic E-state index is 0.479. The van der Waals surface area contributed by atoms with Crippen LogP contribution in [0.15, 0.2) is 6.07 Å². The minimum Gasteiger partial charge on any atom is -0.258 e. The highest BCUT2D eigenvalue weighted by Crippen LogP contribution is 2.35. The molecule has 0 bridgehead atoms. The van der Waals surface area contributed by atoms with Crippen LogP contribution in [0.2, 0.25) is 0 Å². The normalized spacial score (nSPS) is 19.1. The molecule has 1 aliphatic rings. The molecule has 1 heterocycles. The van der Waals surface area contributed by atoms with Crippen molar-refractivity contribution in [3.63, 3.8) is 0 Å². The van der Waals surface area contributed by atoms with Crippen molar-refractivity contribution in [3.05, 3.63) is 28.6 Å². The van der Waals surface area contributed by atoms with Crippen molar-refractivity contribution in [2.24, 2.45) is 5.41 Å². The lowest BCUT2D eigenvalue weighted by atomic mass is 9.74. The summed E-state index contributed by atoms with van der Waals surface area (Å²) in [7, 11) is 0. The van der Waals surface area contributed by atoms with Gasteiger partial charge in [-0.3, -0.25) is 4.98 Å². The minimum absolute atomic E-state index is 0.479. The average Bonchev–Trinajstić information content (AvgIpc) is 2.00. The van der Waals surface area contributed by atoms with Crippen molar-refractivity contribution in [2.75, 3.05) is 0 Å². The topological polar surface area (TPSA) is 12.9 Å². The van der Waals surface area contributed by atoms with Crippen molar-refractivity contribution in [1.82, 2.24) is 4.98 Å². The monoisotopic (exact) mass is 189 g/mol. The zero-order valence-electron chi connectivity index (χ0n) is 9.65. The average molecular weight is 189 g/mol. The molecule has 1 nitrogen and oxygen atoms in total. The molecule has 0 saturated carbocycles. The fraction of sp³-hybridized carbons (Fsp3) is 0.615. The molecule has 2 rings (SSSR count). The van der Waals surface area contributed by atoms with Crippen LogP contribution in [0.3, 0.4) is 0 Å². The van der Waals surface area contributed by atoms with E-state index in [0.29, 0.717) is 5.41 Å². The summed E-state index contributed by atoms with van der Waals surface area (Å²) in [5.41, 5.74) is 5.93.